The van der Waals surface area contributed by atoms with Crippen LogP contribution in [0.15, 0.2) is 59.0 Å². The highest BCUT2D eigenvalue weighted by molar-refractivity contribution is 5.85. The van der Waals surface area contributed by atoms with Gasteiger partial charge in [0.15, 0.2) is 0 Å². The number of nitrogens with zero attached hydrogens (tertiary/aromatic N) is 3. The van der Waals surface area contributed by atoms with E-state index in [4.69, 9.17) is 4.42 Å². The fourth-order valence-corrected chi connectivity index (χ4v) is 3.30. The molecule has 0 aliphatic rings. The number of fused-ring (bicyclic) bond motifs is 1. The minimum absolute atomic E-state index is 0.598. The van der Waals surface area contributed by atoms with Crippen molar-refractivity contribution in [1.29, 1.82) is 0 Å². The lowest BCUT2D eigenvalue weighted by molar-refractivity contribution is 0.492. The molecule has 0 bridgehead atoms. The molecule has 0 amide bonds. The van der Waals surface area contributed by atoms with Gasteiger partial charge in [0, 0.05) is 23.9 Å². The van der Waals surface area contributed by atoms with Gasteiger partial charge in [-0.15, -0.1) is 10.2 Å². The number of unbranched alkanes of at least 4 members (excludes halogenated alkanes) is 1. The van der Waals surface area contributed by atoms with Crippen molar-refractivity contribution in [3.63, 3.8) is 0 Å². The zero-order valence-electron chi connectivity index (χ0n) is 15.3. The van der Waals surface area contributed by atoms with Gasteiger partial charge in [0.05, 0.1) is 0 Å². The second-order valence-corrected chi connectivity index (χ2v) is 6.71. The van der Waals surface area contributed by atoms with Gasteiger partial charge in [0.1, 0.15) is 5.69 Å². The Morgan fingerprint density at radius 2 is 1.81 bits per heavy atom. The molecule has 0 spiro atoms. The third-order valence-electron chi connectivity index (χ3n) is 4.83. The number of hydrogen-bond donors (Lipinski definition) is 0. The van der Waals surface area contributed by atoms with Crippen LogP contribution in [0.2, 0.25) is 0 Å². The molecule has 0 aliphatic carbocycles. The van der Waals surface area contributed by atoms with Crippen molar-refractivity contribution < 1.29 is 4.42 Å². The summed E-state index contributed by atoms with van der Waals surface area (Å²) < 4.78 is 8.24. The molecule has 26 heavy (non-hydrogen) atoms. The van der Waals surface area contributed by atoms with Gasteiger partial charge in [-0.05, 0) is 36.6 Å². The number of para-hydroxylation sites is 1. The number of benzene rings is 2. The highest BCUT2D eigenvalue weighted by Crippen LogP contribution is 2.29. The minimum atomic E-state index is 0.598. The Kier molecular flexibility index (Phi) is 4.57. The van der Waals surface area contributed by atoms with Gasteiger partial charge in [-0.2, -0.15) is 0 Å². The summed E-state index contributed by atoms with van der Waals surface area (Å²) in [6, 6.07) is 19.0. The van der Waals surface area contributed by atoms with Crippen molar-refractivity contribution in [3.05, 3.63) is 71.6 Å². The highest BCUT2D eigenvalue weighted by Gasteiger charge is 2.17. The number of aromatic nitrogens is 3. The van der Waals surface area contributed by atoms with E-state index in [0.29, 0.717) is 5.89 Å². The van der Waals surface area contributed by atoms with Crippen molar-refractivity contribution in [2.24, 2.45) is 0 Å². The molecule has 2 heterocycles. The molecular formula is C22H23N3O. The predicted molar refractivity (Wildman–Crippen MR) is 104 cm³/mol. The SMILES string of the molecule is CCCCc1nnc(-c2cc3ccccc3n2Cc2ccccc2C)o1. The molecule has 0 saturated heterocycles. The van der Waals surface area contributed by atoms with Crippen LogP contribution in [0.5, 0.6) is 0 Å². The summed E-state index contributed by atoms with van der Waals surface area (Å²) in [5, 5.41) is 9.74. The van der Waals surface area contributed by atoms with Crippen LogP contribution in [0.25, 0.3) is 22.5 Å². The van der Waals surface area contributed by atoms with Gasteiger partial charge in [-0.25, -0.2) is 0 Å². The first-order valence-electron chi connectivity index (χ1n) is 9.22. The van der Waals surface area contributed by atoms with E-state index in [1.807, 2.05) is 0 Å². The molecule has 0 saturated carbocycles. The summed E-state index contributed by atoms with van der Waals surface area (Å²) in [5.74, 6) is 1.32. The Balaban J connectivity index is 1.79. The van der Waals surface area contributed by atoms with Crippen LogP contribution in [-0.2, 0) is 13.0 Å². The fraction of sp³-hybridized carbons (Fsp3) is 0.273. The first-order valence-corrected chi connectivity index (χ1v) is 9.22. The normalized spacial score (nSPS) is 11.3. The van der Waals surface area contributed by atoms with Gasteiger partial charge in [-0.1, -0.05) is 55.8 Å². The molecular weight excluding hydrogens is 322 g/mol. The first-order chi connectivity index (χ1) is 12.8. The third-order valence-corrected chi connectivity index (χ3v) is 4.83. The van der Waals surface area contributed by atoms with E-state index in [-0.39, 0.29) is 0 Å². The summed E-state index contributed by atoms with van der Waals surface area (Å²) in [6.07, 6.45) is 3.01. The maximum Gasteiger partial charge on any atom is 0.264 e. The molecule has 0 atom stereocenters. The third kappa shape index (κ3) is 3.15. The smallest absolute Gasteiger partial charge is 0.264 e. The molecule has 0 N–H and O–H groups in total. The summed E-state index contributed by atoms with van der Waals surface area (Å²) >= 11 is 0. The Bertz CT molecular complexity index is 1030. The van der Waals surface area contributed by atoms with Crippen molar-refractivity contribution in [1.82, 2.24) is 14.8 Å². The monoisotopic (exact) mass is 345 g/mol. The average Bonchev–Trinajstić information content (AvgIpc) is 3.27. The lowest BCUT2D eigenvalue weighted by Gasteiger charge is -2.11. The summed E-state index contributed by atoms with van der Waals surface area (Å²) in [6.45, 7) is 5.09. The Hall–Kier alpha value is -2.88. The number of hydrogen-bond acceptors (Lipinski definition) is 3. The Morgan fingerprint density at radius 1 is 1.00 bits per heavy atom. The summed E-state index contributed by atoms with van der Waals surface area (Å²) in [7, 11) is 0. The zero-order valence-corrected chi connectivity index (χ0v) is 15.3. The van der Waals surface area contributed by atoms with Crippen molar-refractivity contribution in [2.45, 2.75) is 39.7 Å². The molecule has 0 unspecified atom stereocenters. The number of rotatable bonds is 6. The van der Waals surface area contributed by atoms with Crippen molar-refractivity contribution in [2.75, 3.05) is 0 Å². The van der Waals surface area contributed by atoms with E-state index in [1.165, 1.54) is 22.0 Å². The molecule has 0 radical (unpaired) electrons. The minimum Gasteiger partial charge on any atom is -0.419 e. The first kappa shape index (κ1) is 16.6. The Labute approximate surface area is 153 Å². The van der Waals surface area contributed by atoms with E-state index < -0.39 is 0 Å². The van der Waals surface area contributed by atoms with E-state index in [2.05, 4.69) is 83.2 Å². The molecule has 132 valence electrons. The van der Waals surface area contributed by atoms with Crippen LogP contribution in [0.4, 0.5) is 0 Å². The zero-order chi connectivity index (χ0) is 17.9. The maximum atomic E-state index is 5.97. The van der Waals surface area contributed by atoms with Crippen LogP contribution < -0.4 is 0 Å². The van der Waals surface area contributed by atoms with Crippen LogP contribution in [-0.4, -0.2) is 14.8 Å². The van der Waals surface area contributed by atoms with Crippen LogP contribution in [0.3, 0.4) is 0 Å². The van der Waals surface area contributed by atoms with E-state index in [9.17, 15) is 0 Å². The van der Waals surface area contributed by atoms with E-state index >= 15 is 0 Å². The summed E-state index contributed by atoms with van der Waals surface area (Å²) in [4.78, 5) is 0. The van der Waals surface area contributed by atoms with Gasteiger partial charge in [0.25, 0.3) is 5.89 Å². The largest absolute Gasteiger partial charge is 0.419 e. The molecule has 2 aromatic heterocycles. The van der Waals surface area contributed by atoms with Crippen molar-refractivity contribution in [3.8, 4) is 11.6 Å². The van der Waals surface area contributed by atoms with E-state index in [1.54, 1.807) is 0 Å². The van der Waals surface area contributed by atoms with E-state index in [0.717, 1.165) is 37.4 Å². The lowest BCUT2D eigenvalue weighted by Crippen LogP contribution is -2.03. The van der Waals surface area contributed by atoms with Gasteiger partial charge in [0.2, 0.25) is 5.89 Å². The fourth-order valence-electron chi connectivity index (χ4n) is 3.30. The predicted octanol–water partition coefficient (Wildman–Crippen LogP) is 5.39. The Morgan fingerprint density at radius 3 is 2.65 bits per heavy atom. The van der Waals surface area contributed by atoms with Crippen LogP contribution in [0.1, 0.15) is 36.8 Å². The summed E-state index contributed by atoms with van der Waals surface area (Å²) in [5.41, 5.74) is 4.73. The molecule has 0 fully saturated rings. The van der Waals surface area contributed by atoms with Gasteiger partial charge < -0.3 is 8.98 Å². The van der Waals surface area contributed by atoms with Crippen LogP contribution >= 0.6 is 0 Å². The van der Waals surface area contributed by atoms with Crippen LogP contribution in [0, 0.1) is 6.92 Å². The average molecular weight is 345 g/mol. The van der Waals surface area contributed by atoms with Gasteiger partial charge in [-0.3, -0.25) is 0 Å². The number of aryl methyl sites for hydroxylation is 2. The topological polar surface area (TPSA) is 43.9 Å². The molecule has 4 rings (SSSR count). The van der Waals surface area contributed by atoms with Crippen molar-refractivity contribution >= 4 is 10.9 Å². The standard InChI is InChI=1S/C22H23N3O/c1-3-4-13-21-23-24-22(26-21)20-14-17-10-7-8-12-19(17)25(20)15-18-11-6-5-9-16(18)2/h5-12,14H,3-4,13,15H2,1-2H3. The second-order valence-electron chi connectivity index (χ2n) is 6.71. The highest BCUT2D eigenvalue weighted by atomic mass is 16.4. The molecule has 0 aliphatic heterocycles. The quantitative estimate of drug-likeness (QED) is 0.470. The molecule has 4 nitrogen and oxygen atoms in total. The molecule has 4 aromatic rings. The molecule has 4 heteroatoms. The maximum absolute atomic E-state index is 5.97. The molecule has 2 aromatic carbocycles. The second kappa shape index (κ2) is 7.16. The van der Waals surface area contributed by atoms with Gasteiger partial charge >= 0.3 is 0 Å². The lowest BCUT2D eigenvalue weighted by atomic mass is 10.1.